The molecule has 0 fully saturated rings. The number of nitrogens with one attached hydrogen (secondary N) is 2. The van der Waals surface area contributed by atoms with Gasteiger partial charge in [-0.05, 0) is 56.9 Å². The molecule has 0 bridgehead atoms. The topological polar surface area (TPSA) is 120 Å². The number of carbonyl (C=O) groups is 3. The zero-order chi connectivity index (χ0) is 24.8. The lowest BCUT2D eigenvalue weighted by atomic mass is 10.1. The van der Waals surface area contributed by atoms with Crippen LogP contribution >= 0.6 is 11.8 Å². The van der Waals surface area contributed by atoms with E-state index < -0.39 is 6.04 Å². The monoisotopic (exact) mass is 471 g/mol. The van der Waals surface area contributed by atoms with Crippen molar-refractivity contribution >= 4 is 29.9 Å². The van der Waals surface area contributed by atoms with Crippen molar-refractivity contribution < 1.29 is 23.9 Å². The molecule has 0 aliphatic heterocycles. The fourth-order valence-corrected chi connectivity index (χ4v) is 2.48. The summed E-state index contributed by atoms with van der Waals surface area (Å²) < 4.78 is 9.89. The Morgan fingerprint density at radius 3 is 2.22 bits per heavy atom. The largest absolute Gasteiger partial charge is 0.494 e. The van der Waals surface area contributed by atoms with Gasteiger partial charge >= 0.3 is 5.97 Å². The standard InChI is InChI=1S/C12H18OS.C7H14N2O2.C4H9NO2/c1-11-5-7-12(8-6-11)13-9-3-4-10-14-2;1-5(2)6(4-10)9-7(11)3-8;1-5-3-4(6)7-2/h5-8H,3-4,9-10H2,1-2H3;4-6H,3,8H2,1-2H3,(H,9,11);5H,3H2,1-2H3. The molecule has 1 unspecified atom stereocenters. The first kappa shape index (κ1) is 32.1. The van der Waals surface area contributed by atoms with Crippen LogP contribution in [0.3, 0.4) is 0 Å². The quantitative estimate of drug-likeness (QED) is 0.241. The maximum atomic E-state index is 10.7. The van der Waals surface area contributed by atoms with E-state index in [-0.39, 0.29) is 30.9 Å². The molecule has 9 heteroatoms. The maximum Gasteiger partial charge on any atom is 0.319 e. The lowest BCUT2D eigenvalue weighted by Gasteiger charge is -2.14. The van der Waals surface area contributed by atoms with E-state index in [4.69, 9.17) is 10.5 Å². The van der Waals surface area contributed by atoms with E-state index in [1.54, 1.807) is 7.05 Å². The van der Waals surface area contributed by atoms with E-state index in [2.05, 4.69) is 40.7 Å². The van der Waals surface area contributed by atoms with Crippen molar-refractivity contribution in [3.63, 3.8) is 0 Å². The number of hydrogen-bond acceptors (Lipinski definition) is 8. The second-order valence-corrected chi connectivity index (χ2v) is 8.13. The second-order valence-electron chi connectivity index (χ2n) is 7.15. The minimum absolute atomic E-state index is 0.0724. The van der Waals surface area contributed by atoms with Crippen LogP contribution in [0.15, 0.2) is 24.3 Å². The number of carbonyl (C=O) groups excluding carboxylic acids is 3. The normalized spacial score (nSPS) is 10.6. The van der Waals surface area contributed by atoms with Gasteiger partial charge in [0.15, 0.2) is 0 Å². The number of likely N-dealkylation sites (N-methyl/N-ethyl adjacent to an activating group) is 1. The molecule has 8 nitrogen and oxygen atoms in total. The summed E-state index contributed by atoms with van der Waals surface area (Å²) >= 11 is 1.89. The predicted octanol–water partition coefficient (Wildman–Crippen LogP) is 2.18. The minimum Gasteiger partial charge on any atom is -0.494 e. The smallest absolute Gasteiger partial charge is 0.319 e. The number of aldehydes is 1. The number of hydrogen-bond donors (Lipinski definition) is 3. The molecule has 184 valence electrons. The molecule has 0 aliphatic rings. The lowest BCUT2D eigenvalue weighted by molar-refractivity contribution is -0.139. The number of ether oxygens (including phenoxy) is 2. The number of amides is 1. The lowest BCUT2D eigenvalue weighted by Crippen LogP contribution is -2.42. The van der Waals surface area contributed by atoms with Crippen molar-refractivity contribution in [3.8, 4) is 5.75 Å². The summed E-state index contributed by atoms with van der Waals surface area (Å²) in [7, 11) is 3.05. The maximum absolute atomic E-state index is 10.7. The number of thioether (sulfide) groups is 1. The van der Waals surface area contributed by atoms with E-state index in [0.717, 1.165) is 25.1 Å². The molecule has 1 atom stereocenters. The third kappa shape index (κ3) is 19.8. The number of nitrogens with two attached hydrogens (primary N) is 1. The summed E-state index contributed by atoms with van der Waals surface area (Å²) in [4.78, 5) is 31.2. The van der Waals surface area contributed by atoms with Crippen LogP contribution in [0.4, 0.5) is 0 Å². The van der Waals surface area contributed by atoms with Crippen LogP contribution < -0.4 is 21.1 Å². The Labute approximate surface area is 197 Å². The molecule has 0 saturated carbocycles. The highest BCUT2D eigenvalue weighted by atomic mass is 32.2. The Morgan fingerprint density at radius 1 is 1.19 bits per heavy atom. The van der Waals surface area contributed by atoms with Crippen molar-refractivity contribution in [2.24, 2.45) is 11.7 Å². The summed E-state index contributed by atoms with van der Waals surface area (Å²) in [6.07, 6.45) is 5.25. The number of methoxy groups -OCH3 is 1. The first-order valence-electron chi connectivity index (χ1n) is 10.6. The Hall–Kier alpha value is -2.10. The third-order valence-electron chi connectivity index (χ3n) is 3.96. The Morgan fingerprint density at radius 2 is 1.81 bits per heavy atom. The average molecular weight is 472 g/mol. The van der Waals surface area contributed by atoms with Crippen molar-refractivity contribution in [2.75, 3.05) is 45.9 Å². The van der Waals surface area contributed by atoms with Gasteiger partial charge in [0.2, 0.25) is 5.91 Å². The fourth-order valence-electron chi connectivity index (χ4n) is 1.99. The van der Waals surface area contributed by atoms with Gasteiger partial charge in [-0.1, -0.05) is 31.5 Å². The SMILES string of the molecule is CC(C)C(C=O)NC(=O)CN.CNCC(=O)OC.CSCCCCOc1ccc(C)cc1. The van der Waals surface area contributed by atoms with Gasteiger partial charge in [-0.3, -0.25) is 9.59 Å². The van der Waals surface area contributed by atoms with Crippen LogP contribution in [0.5, 0.6) is 5.75 Å². The highest BCUT2D eigenvalue weighted by molar-refractivity contribution is 7.98. The van der Waals surface area contributed by atoms with Crippen LogP contribution in [-0.4, -0.2) is 70.1 Å². The molecule has 0 aliphatic carbocycles. The molecule has 0 heterocycles. The highest BCUT2D eigenvalue weighted by Gasteiger charge is 2.13. The summed E-state index contributed by atoms with van der Waals surface area (Å²) in [5.41, 5.74) is 6.32. The molecule has 1 amide bonds. The third-order valence-corrected chi connectivity index (χ3v) is 4.66. The zero-order valence-electron chi connectivity index (χ0n) is 20.3. The van der Waals surface area contributed by atoms with Gasteiger partial charge in [0, 0.05) is 0 Å². The molecule has 4 N–H and O–H groups in total. The molecule has 1 aromatic rings. The molecule has 0 spiro atoms. The van der Waals surface area contributed by atoms with Gasteiger partial charge in [0.05, 0.1) is 32.8 Å². The van der Waals surface area contributed by atoms with E-state index in [1.165, 1.54) is 24.8 Å². The molecule has 32 heavy (non-hydrogen) atoms. The van der Waals surface area contributed by atoms with Gasteiger partial charge < -0.3 is 30.6 Å². The van der Waals surface area contributed by atoms with E-state index in [9.17, 15) is 14.4 Å². The van der Waals surface area contributed by atoms with Crippen LogP contribution in [0.2, 0.25) is 0 Å². The number of benzene rings is 1. The molecular weight excluding hydrogens is 430 g/mol. The predicted molar refractivity (Wildman–Crippen MR) is 132 cm³/mol. The summed E-state index contributed by atoms with van der Waals surface area (Å²) in [6.45, 7) is 6.85. The van der Waals surface area contributed by atoms with E-state index >= 15 is 0 Å². The molecule has 0 aromatic heterocycles. The van der Waals surface area contributed by atoms with Gasteiger partial charge in [-0.2, -0.15) is 11.8 Å². The molecule has 0 radical (unpaired) electrons. The van der Waals surface area contributed by atoms with Crippen LogP contribution in [0, 0.1) is 12.8 Å². The van der Waals surface area contributed by atoms with Crippen molar-refractivity contribution in [1.82, 2.24) is 10.6 Å². The number of aryl methyl sites for hydroxylation is 1. The van der Waals surface area contributed by atoms with Crippen molar-refractivity contribution in [3.05, 3.63) is 29.8 Å². The summed E-state index contributed by atoms with van der Waals surface area (Å²) in [5.74, 6) is 1.80. The van der Waals surface area contributed by atoms with Gasteiger partial charge in [0.1, 0.15) is 12.0 Å². The van der Waals surface area contributed by atoms with Crippen molar-refractivity contribution in [1.29, 1.82) is 0 Å². The Kier molecular flexibility index (Phi) is 22.2. The molecular formula is C23H41N3O5S. The summed E-state index contributed by atoms with van der Waals surface area (Å²) in [5, 5.41) is 5.13. The minimum atomic E-state index is -0.411. The molecule has 1 rings (SSSR count). The van der Waals surface area contributed by atoms with Gasteiger partial charge in [-0.15, -0.1) is 0 Å². The van der Waals surface area contributed by atoms with Crippen LogP contribution in [0.25, 0.3) is 0 Å². The second kappa shape index (κ2) is 22.1. The highest BCUT2D eigenvalue weighted by Crippen LogP contribution is 2.12. The van der Waals surface area contributed by atoms with Crippen LogP contribution in [0.1, 0.15) is 32.3 Å². The van der Waals surface area contributed by atoms with Gasteiger partial charge in [-0.25, -0.2) is 0 Å². The number of unbranched alkanes of at least 4 members (excludes halogenated alkanes) is 1. The molecule has 0 saturated heterocycles. The first-order chi connectivity index (χ1) is 15.2. The molecule has 1 aromatic carbocycles. The van der Waals surface area contributed by atoms with Crippen LogP contribution in [-0.2, 0) is 19.1 Å². The Balaban J connectivity index is 0. The number of rotatable bonds is 12. The Bertz CT molecular complexity index is 612. The fraction of sp³-hybridized carbons (Fsp3) is 0.609. The number of esters is 1. The first-order valence-corrected chi connectivity index (χ1v) is 12.0. The summed E-state index contributed by atoms with van der Waals surface area (Å²) in [6, 6.07) is 7.81. The van der Waals surface area contributed by atoms with Crippen molar-refractivity contribution in [2.45, 2.75) is 39.7 Å². The van der Waals surface area contributed by atoms with Gasteiger partial charge in [0.25, 0.3) is 0 Å². The van der Waals surface area contributed by atoms with E-state index in [0.29, 0.717) is 0 Å². The average Bonchev–Trinajstić information content (AvgIpc) is 2.79. The van der Waals surface area contributed by atoms with E-state index in [1.807, 2.05) is 37.7 Å². The zero-order valence-corrected chi connectivity index (χ0v) is 21.1.